The quantitative estimate of drug-likeness (QED) is 0.917. The average molecular weight is 269 g/mol. The van der Waals surface area contributed by atoms with Gasteiger partial charge in [0, 0.05) is 6.04 Å². The monoisotopic (exact) mass is 269 g/mol. The van der Waals surface area contributed by atoms with Gasteiger partial charge in [0.15, 0.2) is 0 Å². The standard InChI is InChI=1S/C18H23NO/c1-14(19-11-5-2-6-12-19)18(20)17-10-9-15-7-3-4-8-16(15)13-17/h3-4,7-10,13-14,18,20H,2,5-6,11-12H2,1H3/t14-,18-/m0/s1. The molecule has 20 heavy (non-hydrogen) atoms. The number of aliphatic hydroxyl groups excluding tert-OH is 1. The largest absolute Gasteiger partial charge is 0.387 e. The van der Waals surface area contributed by atoms with E-state index in [0.29, 0.717) is 0 Å². The van der Waals surface area contributed by atoms with E-state index in [-0.39, 0.29) is 6.04 Å². The molecule has 0 spiro atoms. The first-order valence-electron chi connectivity index (χ1n) is 7.66. The summed E-state index contributed by atoms with van der Waals surface area (Å²) in [6.45, 7) is 4.38. The Balaban J connectivity index is 1.81. The van der Waals surface area contributed by atoms with Gasteiger partial charge in [0.05, 0.1) is 6.10 Å². The van der Waals surface area contributed by atoms with E-state index in [1.807, 2.05) is 6.07 Å². The van der Waals surface area contributed by atoms with Crippen molar-refractivity contribution in [2.75, 3.05) is 13.1 Å². The van der Waals surface area contributed by atoms with Crippen LogP contribution in [0.5, 0.6) is 0 Å². The summed E-state index contributed by atoms with van der Waals surface area (Å²) in [5.74, 6) is 0. The van der Waals surface area contributed by atoms with Crippen LogP contribution >= 0.6 is 0 Å². The van der Waals surface area contributed by atoms with Gasteiger partial charge in [-0.05, 0) is 55.3 Å². The molecule has 0 radical (unpaired) electrons. The van der Waals surface area contributed by atoms with Crippen LogP contribution in [0, 0.1) is 0 Å². The predicted molar refractivity (Wildman–Crippen MR) is 83.8 cm³/mol. The summed E-state index contributed by atoms with van der Waals surface area (Å²) in [5.41, 5.74) is 1.03. The lowest BCUT2D eigenvalue weighted by Crippen LogP contribution is -2.40. The molecule has 1 aliphatic heterocycles. The van der Waals surface area contributed by atoms with Gasteiger partial charge in [-0.3, -0.25) is 4.90 Å². The Morgan fingerprint density at radius 3 is 2.40 bits per heavy atom. The van der Waals surface area contributed by atoms with Gasteiger partial charge in [-0.25, -0.2) is 0 Å². The molecule has 2 heteroatoms. The third kappa shape index (κ3) is 2.72. The number of fused-ring (bicyclic) bond motifs is 1. The fraction of sp³-hybridized carbons (Fsp3) is 0.444. The number of nitrogens with zero attached hydrogens (tertiary/aromatic N) is 1. The molecule has 3 rings (SSSR count). The van der Waals surface area contributed by atoms with E-state index in [2.05, 4.69) is 48.2 Å². The predicted octanol–water partition coefficient (Wildman–Crippen LogP) is 3.75. The second kappa shape index (κ2) is 5.94. The smallest absolute Gasteiger partial charge is 0.0942 e. The van der Waals surface area contributed by atoms with Crippen LogP contribution in [0.4, 0.5) is 0 Å². The second-order valence-corrected chi connectivity index (χ2v) is 5.89. The fourth-order valence-electron chi connectivity index (χ4n) is 3.20. The summed E-state index contributed by atoms with van der Waals surface area (Å²) in [4.78, 5) is 2.42. The minimum absolute atomic E-state index is 0.191. The Morgan fingerprint density at radius 2 is 1.65 bits per heavy atom. The number of likely N-dealkylation sites (tertiary alicyclic amines) is 1. The highest BCUT2D eigenvalue weighted by molar-refractivity contribution is 5.83. The number of piperidine rings is 1. The van der Waals surface area contributed by atoms with E-state index in [1.54, 1.807) is 0 Å². The van der Waals surface area contributed by atoms with E-state index in [9.17, 15) is 5.11 Å². The second-order valence-electron chi connectivity index (χ2n) is 5.89. The van der Waals surface area contributed by atoms with Crippen molar-refractivity contribution in [1.82, 2.24) is 4.90 Å². The zero-order valence-corrected chi connectivity index (χ0v) is 12.1. The number of hydrogen-bond acceptors (Lipinski definition) is 2. The number of rotatable bonds is 3. The van der Waals surface area contributed by atoms with Crippen molar-refractivity contribution in [1.29, 1.82) is 0 Å². The Morgan fingerprint density at radius 1 is 0.950 bits per heavy atom. The van der Waals surface area contributed by atoms with Crippen LogP contribution in [-0.4, -0.2) is 29.1 Å². The first-order chi connectivity index (χ1) is 9.75. The molecule has 0 unspecified atom stereocenters. The van der Waals surface area contributed by atoms with Crippen LogP contribution < -0.4 is 0 Å². The molecule has 1 aliphatic rings. The molecule has 1 fully saturated rings. The Bertz CT molecular complexity index is 574. The first-order valence-corrected chi connectivity index (χ1v) is 7.66. The first kappa shape index (κ1) is 13.6. The molecule has 1 saturated heterocycles. The van der Waals surface area contributed by atoms with Crippen LogP contribution in [0.3, 0.4) is 0 Å². The summed E-state index contributed by atoms with van der Waals surface area (Å²) in [5, 5.41) is 13.1. The molecule has 1 heterocycles. The van der Waals surface area contributed by atoms with Gasteiger partial charge in [-0.15, -0.1) is 0 Å². The molecule has 0 bridgehead atoms. The normalized spacial score (nSPS) is 19.9. The van der Waals surface area contributed by atoms with Gasteiger partial charge in [-0.2, -0.15) is 0 Å². The summed E-state index contributed by atoms with van der Waals surface area (Å²) >= 11 is 0. The maximum absolute atomic E-state index is 10.7. The minimum atomic E-state index is -0.405. The molecule has 2 nitrogen and oxygen atoms in total. The van der Waals surface area contributed by atoms with Crippen LogP contribution in [-0.2, 0) is 0 Å². The lowest BCUT2D eigenvalue weighted by molar-refractivity contribution is 0.0472. The molecule has 1 N–H and O–H groups in total. The third-order valence-electron chi connectivity index (χ3n) is 4.54. The number of benzene rings is 2. The van der Waals surface area contributed by atoms with Crippen molar-refractivity contribution >= 4 is 10.8 Å². The highest BCUT2D eigenvalue weighted by Gasteiger charge is 2.24. The van der Waals surface area contributed by atoms with E-state index in [0.717, 1.165) is 18.7 Å². The Kier molecular flexibility index (Phi) is 4.04. The van der Waals surface area contributed by atoms with Crippen molar-refractivity contribution in [3.63, 3.8) is 0 Å². The molecule has 0 saturated carbocycles. The van der Waals surface area contributed by atoms with Gasteiger partial charge in [-0.1, -0.05) is 42.8 Å². The van der Waals surface area contributed by atoms with E-state index in [4.69, 9.17) is 0 Å². The molecule has 0 amide bonds. The lowest BCUT2D eigenvalue weighted by atomic mass is 9.97. The minimum Gasteiger partial charge on any atom is -0.387 e. The van der Waals surface area contributed by atoms with Crippen LogP contribution in [0.2, 0.25) is 0 Å². The van der Waals surface area contributed by atoms with Gasteiger partial charge < -0.3 is 5.11 Å². The van der Waals surface area contributed by atoms with Gasteiger partial charge >= 0.3 is 0 Å². The molecule has 106 valence electrons. The van der Waals surface area contributed by atoms with Gasteiger partial charge in [0.25, 0.3) is 0 Å². The zero-order valence-electron chi connectivity index (χ0n) is 12.1. The fourth-order valence-corrected chi connectivity index (χ4v) is 3.20. The van der Waals surface area contributed by atoms with Crippen molar-refractivity contribution in [2.24, 2.45) is 0 Å². The highest BCUT2D eigenvalue weighted by atomic mass is 16.3. The molecule has 2 aromatic rings. The number of hydrogen-bond donors (Lipinski definition) is 1. The molecule has 0 aromatic heterocycles. The third-order valence-corrected chi connectivity index (χ3v) is 4.54. The molecule has 0 aliphatic carbocycles. The van der Waals surface area contributed by atoms with Crippen molar-refractivity contribution < 1.29 is 5.11 Å². The topological polar surface area (TPSA) is 23.5 Å². The molecular weight excluding hydrogens is 246 g/mol. The SMILES string of the molecule is C[C@@H]([C@H](O)c1ccc2ccccc2c1)N1CCCCC1. The summed E-state index contributed by atoms with van der Waals surface area (Å²) < 4.78 is 0. The summed E-state index contributed by atoms with van der Waals surface area (Å²) in [6.07, 6.45) is 3.44. The van der Waals surface area contributed by atoms with Gasteiger partial charge in [0.2, 0.25) is 0 Å². The zero-order chi connectivity index (χ0) is 13.9. The molecule has 2 aromatic carbocycles. The Hall–Kier alpha value is -1.38. The van der Waals surface area contributed by atoms with Crippen molar-refractivity contribution in [2.45, 2.75) is 38.3 Å². The summed E-state index contributed by atoms with van der Waals surface area (Å²) in [7, 11) is 0. The van der Waals surface area contributed by atoms with E-state index >= 15 is 0 Å². The highest BCUT2D eigenvalue weighted by Crippen LogP contribution is 2.26. The van der Waals surface area contributed by atoms with Crippen LogP contribution in [0.1, 0.15) is 37.9 Å². The summed E-state index contributed by atoms with van der Waals surface area (Å²) in [6, 6.07) is 14.8. The molecular formula is C18H23NO. The van der Waals surface area contributed by atoms with E-state index in [1.165, 1.54) is 30.0 Å². The van der Waals surface area contributed by atoms with Crippen molar-refractivity contribution in [3.05, 3.63) is 48.0 Å². The number of aliphatic hydroxyl groups is 1. The lowest BCUT2D eigenvalue weighted by Gasteiger charge is -2.35. The maximum Gasteiger partial charge on any atom is 0.0942 e. The maximum atomic E-state index is 10.7. The average Bonchev–Trinajstić information content (AvgIpc) is 2.54. The van der Waals surface area contributed by atoms with Crippen LogP contribution in [0.25, 0.3) is 10.8 Å². The van der Waals surface area contributed by atoms with Crippen molar-refractivity contribution in [3.8, 4) is 0 Å². The van der Waals surface area contributed by atoms with Gasteiger partial charge in [0.1, 0.15) is 0 Å². The molecule has 2 atom stereocenters. The van der Waals surface area contributed by atoms with Crippen LogP contribution in [0.15, 0.2) is 42.5 Å². The van der Waals surface area contributed by atoms with E-state index < -0.39 is 6.10 Å². The Labute approximate surface area is 121 Å².